The number of rotatable bonds is 4. The van der Waals surface area contributed by atoms with Crippen LogP contribution in [0, 0.1) is 17.0 Å². The zero-order valence-electron chi connectivity index (χ0n) is 14.0. The van der Waals surface area contributed by atoms with Gasteiger partial charge in [0.1, 0.15) is 0 Å². The van der Waals surface area contributed by atoms with Gasteiger partial charge in [0.15, 0.2) is 0 Å². The molecular formula is C17H19N5O3. The predicted molar refractivity (Wildman–Crippen MR) is 92.4 cm³/mol. The van der Waals surface area contributed by atoms with E-state index in [2.05, 4.69) is 9.97 Å². The lowest BCUT2D eigenvalue weighted by molar-refractivity contribution is -0.384. The van der Waals surface area contributed by atoms with Gasteiger partial charge in [-0.1, -0.05) is 6.07 Å². The molecule has 2 aromatic heterocycles. The number of carbonyl (C=O) groups is 1. The number of hydrogen-bond donors (Lipinski definition) is 0. The van der Waals surface area contributed by atoms with Gasteiger partial charge in [-0.05, 0) is 25.1 Å². The van der Waals surface area contributed by atoms with Crippen LogP contribution in [0.2, 0.25) is 0 Å². The van der Waals surface area contributed by atoms with Gasteiger partial charge < -0.3 is 9.80 Å². The zero-order chi connectivity index (χ0) is 17.8. The molecule has 1 amide bonds. The minimum atomic E-state index is -0.393. The molecule has 0 unspecified atom stereocenters. The van der Waals surface area contributed by atoms with E-state index in [1.54, 1.807) is 30.3 Å². The van der Waals surface area contributed by atoms with E-state index in [0.717, 1.165) is 5.69 Å². The Balaban J connectivity index is 1.65. The molecule has 0 radical (unpaired) electrons. The van der Waals surface area contributed by atoms with E-state index in [1.165, 1.54) is 0 Å². The molecule has 0 atom stereocenters. The van der Waals surface area contributed by atoms with Crippen molar-refractivity contribution in [3.63, 3.8) is 0 Å². The third-order valence-electron chi connectivity index (χ3n) is 4.28. The van der Waals surface area contributed by atoms with Crippen molar-refractivity contribution >= 4 is 17.4 Å². The summed E-state index contributed by atoms with van der Waals surface area (Å²) in [5.74, 6) is 0.395. The topological polar surface area (TPSA) is 92.5 Å². The van der Waals surface area contributed by atoms with Crippen LogP contribution in [0.25, 0.3) is 0 Å². The Morgan fingerprint density at radius 2 is 1.92 bits per heavy atom. The van der Waals surface area contributed by atoms with E-state index >= 15 is 0 Å². The highest BCUT2D eigenvalue weighted by Crippen LogP contribution is 2.29. The second-order valence-electron chi connectivity index (χ2n) is 5.92. The van der Waals surface area contributed by atoms with Crippen molar-refractivity contribution < 1.29 is 9.72 Å². The fraction of sp³-hybridized carbons (Fsp3) is 0.353. The summed E-state index contributed by atoms with van der Waals surface area (Å²) >= 11 is 0. The van der Waals surface area contributed by atoms with Crippen molar-refractivity contribution in [2.45, 2.75) is 13.3 Å². The zero-order valence-corrected chi connectivity index (χ0v) is 14.0. The van der Waals surface area contributed by atoms with Crippen LogP contribution in [0.5, 0.6) is 0 Å². The molecule has 0 bridgehead atoms. The molecule has 8 heteroatoms. The molecule has 0 aliphatic carbocycles. The average Bonchev–Trinajstić information content (AvgIpc) is 2.62. The Labute approximate surface area is 145 Å². The number of nitro groups is 1. The predicted octanol–water partition coefficient (Wildman–Crippen LogP) is 1.58. The van der Waals surface area contributed by atoms with E-state index < -0.39 is 4.92 Å². The highest BCUT2D eigenvalue weighted by atomic mass is 16.6. The third-order valence-corrected chi connectivity index (χ3v) is 4.28. The van der Waals surface area contributed by atoms with Crippen LogP contribution in [0.3, 0.4) is 0 Å². The van der Waals surface area contributed by atoms with Crippen molar-refractivity contribution in [1.82, 2.24) is 14.9 Å². The van der Waals surface area contributed by atoms with Crippen molar-refractivity contribution in [3.8, 4) is 0 Å². The number of nitrogens with zero attached hydrogens (tertiary/aromatic N) is 5. The van der Waals surface area contributed by atoms with Gasteiger partial charge in [-0.2, -0.15) is 0 Å². The first kappa shape index (κ1) is 16.8. The van der Waals surface area contributed by atoms with Gasteiger partial charge in [0.2, 0.25) is 11.7 Å². The monoisotopic (exact) mass is 341 g/mol. The summed E-state index contributed by atoms with van der Waals surface area (Å²) in [5, 5.41) is 11.3. The van der Waals surface area contributed by atoms with Gasteiger partial charge in [0, 0.05) is 49.8 Å². The highest BCUT2D eigenvalue weighted by molar-refractivity contribution is 5.78. The first-order chi connectivity index (χ1) is 12.1. The molecule has 1 aliphatic heterocycles. The number of carbonyl (C=O) groups excluding carboxylic acids is 1. The Morgan fingerprint density at radius 3 is 2.56 bits per heavy atom. The number of amides is 1. The van der Waals surface area contributed by atoms with Crippen molar-refractivity contribution in [2.24, 2.45) is 0 Å². The van der Waals surface area contributed by atoms with Crippen LogP contribution >= 0.6 is 0 Å². The maximum Gasteiger partial charge on any atom is 0.314 e. The summed E-state index contributed by atoms with van der Waals surface area (Å²) in [6, 6.07) is 7.13. The molecule has 130 valence electrons. The van der Waals surface area contributed by atoms with Crippen molar-refractivity contribution in [3.05, 3.63) is 58.0 Å². The third kappa shape index (κ3) is 3.73. The molecule has 1 saturated heterocycles. The second kappa shape index (κ2) is 7.25. The van der Waals surface area contributed by atoms with Crippen molar-refractivity contribution in [1.29, 1.82) is 0 Å². The maximum absolute atomic E-state index is 12.4. The highest BCUT2D eigenvalue weighted by Gasteiger charge is 2.28. The molecule has 1 aliphatic rings. The standard InChI is InChI=1S/C17H19N5O3/c1-13-5-7-19-17(16(13)22(24)25)21-10-8-20(9-11-21)15(23)12-14-4-2-3-6-18-14/h2-7H,8-12H2,1H3. The largest absolute Gasteiger partial charge is 0.347 e. The quantitative estimate of drug-likeness (QED) is 0.619. The molecule has 3 heterocycles. The Bertz CT molecular complexity index is 773. The van der Waals surface area contributed by atoms with Crippen LogP contribution in [0.1, 0.15) is 11.3 Å². The molecule has 1 fully saturated rings. The summed E-state index contributed by atoms with van der Waals surface area (Å²) in [6.07, 6.45) is 3.52. The summed E-state index contributed by atoms with van der Waals surface area (Å²) < 4.78 is 0. The number of aromatic nitrogens is 2. The van der Waals surface area contributed by atoms with E-state index in [1.807, 2.05) is 23.1 Å². The molecular weight excluding hydrogens is 322 g/mol. The van der Waals surface area contributed by atoms with Crippen LogP contribution < -0.4 is 4.90 Å². The van der Waals surface area contributed by atoms with Crippen molar-refractivity contribution in [2.75, 3.05) is 31.1 Å². The lowest BCUT2D eigenvalue weighted by Gasteiger charge is -2.35. The van der Waals surface area contributed by atoms with E-state index in [-0.39, 0.29) is 18.0 Å². The van der Waals surface area contributed by atoms with Gasteiger partial charge in [0.05, 0.1) is 11.3 Å². The van der Waals surface area contributed by atoms with Crippen LogP contribution in [0.15, 0.2) is 36.7 Å². The van der Waals surface area contributed by atoms with Crippen LogP contribution in [0.4, 0.5) is 11.5 Å². The maximum atomic E-state index is 12.4. The molecule has 2 aromatic rings. The van der Waals surface area contributed by atoms with E-state index in [0.29, 0.717) is 37.6 Å². The summed E-state index contributed by atoms with van der Waals surface area (Å²) in [7, 11) is 0. The summed E-state index contributed by atoms with van der Waals surface area (Å²) in [5.41, 5.74) is 1.37. The number of pyridine rings is 2. The lowest BCUT2D eigenvalue weighted by Crippen LogP contribution is -2.49. The van der Waals surface area contributed by atoms with Gasteiger partial charge >= 0.3 is 5.69 Å². The molecule has 8 nitrogen and oxygen atoms in total. The number of piperazine rings is 1. The lowest BCUT2D eigenvalue weighted by atomic mass is 10.2. The van der Waals surface area contributed by atoms with Crippen LogP contribution in [-0.2, 0) is 11.2 Å². The second-order valence-corrected chi connectivity index (χ2v) is 5.92. The minimum absolute atomic E-state index is 0.0186. The molecule has 0 aromatic carbocycles. The normalized spacial score (nSPS) is 14.4. The Kier molecular flexibility index (Phi) is 4.87. The van der Waals surface area contributed by atoms with Gasteiger partial charge in [-0.25, -0.2) is 4.98 Å². The van der Waals surface area contributed by atoms with Gasteiger partial charge in [-0.15, -0.1) is 0 Å². The fourth-order valence-electron chi connectivity index (χ4n) is 2.93. The van der Waals surface area contributed by atoms with E-state index in [9.17, 15) is 14.9 Å². The number of hydrogen-bond acceptors (Lipinski definition) is 6. The van der Waals surface area contributed by atoms with Gasteiger partial charge in [-0.3, -0.25) is 19.9 Å². The Hall–Kier alpha value is -3.03. The van der Waals surface area contributed by atoms with Crippen LogP contribution in [-0.4, -0.2) is 51.9 Å². The average molecular weight is 341 g/mol. The molecule has 0 N–H and O–H groups in total. The molecule has 25 heavy (non-hydrogen) atoms. The first-order valence-corrected chi connectivity index (χ1v) is 8.09. The van der Waals surface area contributed by atoms with Gasteiger partial charge in [0.25, 0.3) is 0 Å². The number of aryl methyl sites for hydroxylation is 1. The fourth-order valence-corrected chi connectivity index (χ4v) is 2.93. The SMILES string of the molecule is Cc1ccnc(N2CCN(C(=O)Cc3ccccn3)CC2)c1[N+](=O)[O-]. The molecule has 3 rings (SSSR count). The summed E-state index contributed by atoms with van der Waals surface area (Å²) in [6.45, 7) is 3.77. The smallest absolute Gasteiger partial charge is 0.314 e. The Morgan fingerprint density at radius 1 is 1.16 bits per heavy atom. The first-order valence-electron chi connectivity index (χ1n) is 8.09. The molecule has 0 saturated carbocycles. The van der Waals surface area contributed by atoms with E-state index in [4.69, 9.17) is 0 Å². The summed E-state index contributed by atoms with van der Waals surface area (Å²) in [4.78, 5) is 35.3. The minimum Gasteiger partial charge on any atom is -0.347 e. The number of anilines is 1. The molecule has 0 spiro atoms.